The first-order chi connectivity index (χ1) is 7.22. The Morgan fingerprint density at radius 2 is 2.27 bits per heavy atom. The highest BCUT2D eigenvalue weighted by Gasteiger charge is 2.05. The van der Waals surface area contributed by atoms with Crippen molar-refractivity contribution >= 4 is 11.8 Å². The second kappa shape index (κ2) is 5.90. The molecule has 0 aliphatic carbocycles. The molecule has 0 saturated heterocycles. The van der Waals surface area contributed by atoms with Crippen molar-refractivity contribution in [1.29, 1.82) is 0 Å². The summed E-state index contributed by atoms with van der Waals surface area (Å²) in [5.41, 5.74) is 6.07. The minimum atomic E-state index is -0.686. The van der Waals surface area contributed by atoms with Crippen LogP contribution in [-0.2, 0) is 4.74 Å². The van der Waals surface area contributed by atoms with Gasteiger partial charge in [-0.15, -0.1) is 0 Å². The number of rotatable bonds is 4. The van der Waals surface area contributed by atoms with Gasteiger partial charge < -0.3 is 15.2 Å². The standard InChI is InChI=1S/C11H15NO3/c1-2-3-7-14-11(13)15-10-6-4-5-9(12)8-10/h4-6,8H,2-3,7,12H2,1H3. The van der Waals surface area contributed by atoms with Gasteiger partial charge in [0, 0.05) is 11.8 Å². The number of carbonyl (C=O) groups excluding carboxylic acids is 1. The summed E-state index contributed by atoms with van der Waals surface area (Å²) >= 11 is 0. The number of unbranched alkanes of at least 4 members (excludes halogenated alkanes) is 1. The summed E-state index contributed by atoms with van der Waals surface area (Å²) in [6.07, 6.45) is 1.13. The van der Waals surface area contributed by atoms with Crippen molar-refractivity contribution in [3.8, 4) is 5.75 Å². The van der Waals surface area contributed by atoms with Crippen LogP contribution in [0.4, 0.5) is 10.5 Å². The maximum absolute atomic E-state index is 11.1. The Balaban J connectivity index is 2.37. The number of carbonyl (C=O) groups is 1. The number of nitrogens with two attached hydrogens (primary N) is 1. The highest BCUT2D eigenvalue weighted by Crippen LogP contribution is 2.14. The first-order valence-corrected chi connectivity index (χ1v) is 4.92. The summed E-state index contributed by atoms with van der Waals surface area (Å²) in [6, 6.07) is 6.65. The fourth-order valence-electron chi connectivity index (χ4n) is 1.00. The van der Waals surface area contributed by atoms with Crippen LogP contribution in [0.5, 0.6) is 5.75 Å². The molecule has 2 N–H and O–H groups in total. The van der Waals surface area contributed by atoms with Crippen molar-refractivity contribution in [2.75, 3.05) is 12.3 Å². The van der Waals surface area contributed by atoms with Gasteiger partial charge in [0.15, 0.2) is 0 Å². The zero-order chi connectivity index (χ0) is 11.1. The number of nitrogen functional groups attached to an aromatic ring is 1. The van der Waals surface area contributed by atoms with Crippen LogP contribution in [0.25, 0.3) is 0 Å². The van der Waals surface area contributed by atoms with E-state index >= 15 is 0 Å². The molecule has 1 aromatic carbocycles. The Morgan fingerprint density at radius 1 is 1.47 bits per heavy atom. The molecule has 0 aliphatic heterocycles. The third-order valence-corrected chi connectivity index (χ3v) is 1.78. The van der Waals surface area contributed by atoms with E-state index in [2.05, 4.69) is 0 Å². The molecular weight excluding hydrogens is 194 g/mol. The largest absolute Gasteiger partial charge is 0.513 e. The lowest BCUT2D eigenvalue weighted by molar-refractivity contribution is 0.0979. The van der Waals surface area contributed by atoms with Crippen LogP contribution in [0.15, 0.2) is 24.3 Å². The molecule has 0 fully saturated rings. The Kier molecular flexibility index (Phi) is 4.47. The summed E-state index contributed by atoms with van der Waals surface area (Å²) < 4.78 is 9.72. The number of benzene rings is 1. The summed E-state index contributed by atoms with van der Waals surface area (Å²) in [5, 5.41) is 0. The monoisotopic (exact) mass is 209 g/mol. The van der Waals surface area contributed by atoms with Gasteiger partial charge in [-0.25, -0.2) is 4.79 Å². The predicted molar refractivity (Wildman–Crippen MR) is 57.7 cm³/mol. The number of anilines is 1. The van der Waals surface area contributed by atoms with Gasteiger partial charge in [0.2, 0.25) is 0 Å². The average molecular weight is 209 g/mol. The minimum absolute atomic E-state index is 0.387. The van der Waals surface area contributed by atoms with E-state index in [4.69, 9.17) is 15.2 Å². The van der Waals surface area contributed by atoms with Crippen molar-refractivity contribution in [2.24, 2.45) is 0 Å². The molecule has 15 heavy (non-hydrogen) atoms. The Hall–Kier alpha value is -1.71. The van der Waals surface area contributed by atoms with Crippen LogP contribution in [0.1, 0.15) is 19.8 Å². The summed E-state index contributed by atoms with van der Waals surface area (Å²) in [7, 11) is 0. The zero-order valence-electron chi connectivity index (χ0n) is 8.73. The molecule has 0 bridgehead atoms. The van der Waals surface area contributed by atoms with E-state index < -0.39 is 6.16 Å². The molecule has 0 atom stereocenters. The third kappa shape index (κ3) is 4.35. The SMILES string of the molecule is CCCCOC(=O)Oc1cccc(N)c1. The molecule has 0 radical (unpaired) electrons. The summed E-state index contributed by atoms with van der Waals surface area (Å²) in [5.74, 6) is 0.400. The molecular formula is C11H15NO3. The maximum atomic E-state index is 11.1. The fraction of sp³-hybridized carbons (Fsp3) is 0.364. The minimum Gasteiger partial charge on any atom is -0.434 e. The van der Waals surface area contributed by atoms with E-state index in [0.29, 0.717) is 18.0 Å². The van der Waals surface area contributed by atoms with Gasteiger partial charge in [0.05, 0.1) is 6.61 Å². The van der Waals surface area contributed by atoms with Crippen molar-refractivity contribution in [1.82, 2.24) is 0 Å². The van der Waals surface area contributed by atoms with E-state index in [9.17, 15) is 4.79 Å². The summed E-state index contributed by atoms with van der Waals surface area (Å²) in [4.78, 5) is 11.1. The van der Waals surface area contributed by atoms with Gasteiger partial charge in [-0.2, -0.15) is 0 Å². The van der Waals surface area contributed by atoms with Gasteiger partial charge in [0.25, 0.3) is 0 Å². The maximum Gasteiger partial charge on any atom is 0.513 e. The quantitative estimate of drug-likeness (QED) is 0.358. The first kappa shape index (κ1) is 11.4. The van der Waals surface area contributed by atoms with Crippen LogP contribution in [0.3, 0.4) is 0 Å². The van der Waals surface area contributed by atoms with Crippen LogP contribution in [-0.4, -0.2) is 12.8 Å². The summed E-state index contributed by atoms with van der Waals surface area (Å²) in [6.45, 7) is 2.41. The number of hydrogen-bond acceptors (Lipinski definition) is 4. The van der Waals surface area contributed by atoms with Gasteiger partial charge in [0.1, 0.15) is 5.75 Å². The molecule has 0 spiro atoms. The second-order valence-corrected chi connectivity index (χ2v) is 3.13. The molecule has 0 amide bonds. The highest BCUT2D eigenvalue weighted by molar-refractivity contribution is 5.64. The second-order valence-electron chi connectivity index (χ2n) is 3.13. The molecule has 0 aliphatic rings. The highest BCUT2D eigenvalue weighted by atomic mass is 16.7. The zero-order valence-corrected chi connectivity index (χ0v) is 8.73. The lowest BCUT2D eigenvalue weighted by Crippen LogP contribution is -2.11. The van der Waals surface area contributed by atoms with Crippen LogP contribution < -0.4 is 10.5 Å². The van der Waals surface area contributed by atoms with Crippen molar-refractivity contribution < 1.29 is 14.3 Å². The van der Waals surface area contributed by atoms with Gasteiger partial charge >= 0.3 is 6.16 Å². The smallest absolute Gasteiger partial charge is 0.434 e. The van der Waals surface area contributed by atoms with Crippen LogP contribution in [0, 0.1) is 0 Å². The molecule has 0 aromatic heterocycles. The molecule has 4 nitrogen and oxygen atoms in total. The van der Waals surface area contributed by atoms with Gasteiger partial charge in [-0.3, -0.25) is 0 Å². The molecule has 0 saturated carbocycles. The number of ether oxygens (including phenoxy) is 2. The Morgan fingerprint density at radius 3 is 2.93 bits per heavy atom. The molecule has 82 valence electrons. The van der Waals surface area contributed by atoms with Crippen LogP contribution in [0.2, 0.25) is 0 Å². The predicted octanol–water partition coefficient (Wildman–Crippen LogP) is 2.58. The third-order valence-electron chi connectivity index (χ3n) is 1.78. The fourth-order valence-corrected chi connectivity index (χ4v) is 1.00. The van der Waals surface area contributed by atoms with Crippen molar-refractivity contribution in [2.45, 2.75) is 19.8 Å². The Bertz CT molecular complexity index is 325. The van der Waals surface area contributed by atoms with E-state index in [1.807, 2.05) is 6.92 Å². The van der Waals surface area contributed by atoms with Crippen molar-refractivity contribution in [3.63, 3.8) is 0 Å². The molecule has 4 heteroatoms. The Labute approximate surface area is 89.0 Å². The van der Waals surface area contributed by atoms with E-state index in [-0.39, 0.29) is 0 Å². The topological polar surface area (TPSA) is 61.5 Å². The van der Waals surface area contributed by atoms with E-state index in [1.165, 1.54) is 0 Å². The molecule has 1 rings (SSSR count). The lowest BCUT2D eigenvalue weighted by atomic mass is 10.3. The lowest BCUT2D eigenvalue weighted by Gasteiger charge is -2.05. The van der Waals surface area contributed by atoms with Crippen LogP contribution >= 0.6 is 0 Å². The first-order valence-electron chi connectivity index (χ1n) is 4.92. The average Bonchev–Trinajstić information content (AvgIpc) is 2.18. The van der Waals surface area contributed by atoms with Gasteiger partial charge in [-0.1, -0.05) is 19.4 Å². The van der Waals surface area contributed by atoms with E-state index in [1.54, 1.807) is 24.3 Å². The molecule has 0 unspecified atom stereocenters. The number of hydrogen-bond donors (Lipinski definition) is 1. The normalized spacial score (nSPS) is 9.67. The van der Waals surface area contributed by atoms with Gasteiger partial charge in [-0.05, 0) is 18.6 Å². The van der Waals surface area contributed by atoms with Crippen molar-refractivity contribution in [3.05, 3.63) is 24.3 Å². The molecule has 1 aromatic rings. The van der Waals surface area contributed by atoms with E-state index in [0.717, 1.165) is 12.8 Å². The molecule has 0 heterocycles.